The van der Waals surface area contributed by atoms with Gasteiger partial charge in [-0.3, -0.25) is 4.79 Å². The predicted octanol–water partition coefficient (Wildman–Crippen LogP) is 2.91. The van der Waals surface area contributed by atoms with E-state index in [1.165, 1.54) is 5.56 Å². The molecule has 0 bridgehead atoms. The van der Waals surface area contributed by atoms with Crippen LogP contribution in [0, 0.1) is 0 Å². The molecule has 0 aromatic heterocycles. The molecule has 1 heterocycles. The summed E-state index contributed by atoms with van der Waals surface area (Å²) in [6.07, 6.45) is 1.60. The van der Waals surface area contributed by atoms with Crippen LogP contribution in [-0.4, -0.2) is 5.78 Å². The minimum absolute atomic E-state index is 0.0483. The van der Waals surface area contributed by atoms with Crippen LogP contribution in [0.2, 0.25) is 0 Å². The smallest absolute Gasteiger partial charge is 0.190 e. The molecule has 1 aliphatic heterocycles. The van der Waals surface area contributed by atoms with Gasteiger partial charge >= 0.3 is 0 Å². The molecule has 2 nitrogen and oxygen atoms in total. The van der Waals surface area contributed by atoms with Gasteiger partial charge in [-0.15, -0.1) is 0 Å². The maximum atomic E-state index is 11.9. The lowest BCUT2D eigenvalue weighted by Crippen LogP contribution is -2.04. The van der Waals surface area contributed by atoms with Crippen molar-refractivity contribution in [3.63, 3.8) is 0 Å². The Kier molecular flexibility index (Phi) is 1.28. The van der Waals surface area contributed by atoms with Crippen molar-refractivity contribution in [3.8, 4) is 0 Å². The summed E-state index contributed by atoms with van der Waals surface area (Å²) in [5.41, 5.74) is 3.09. The SMILES string of the molecule is O=C1C=C2OCc3ccc4cccc1c4c32. The van der Waals surface area contributed by atoms with Crippen molar-refractivity contribution in [1.82, 2.24) is 0 Å². The van der Waals surface area contributed by atoms with Crippen LogP contribution in [0.1, 0.15) is 21.5 Å². The third-order valence-corrected chi connectivity index (χ3v) is 3.29. The number of benzene rings is 2. The zero-order chi connectivity index (χ0) is 10.7. The van der Waals surface area contributed by atoms with Crippen LogP contribution in [0.3, 0.4) is 0 Å². The van der Waals surface area contributed by atoms with E-state index in [1.54, 1.807) is 6.08 Å². The van der Waals surface area contributed by atoms with Crippen LogP contribution in [0.15, 0.2) is 36.4 Å². The zero-order valence-electron chi connectivity index (χ0n) is 8.49. The molecule has 0 unspecified atom stereocenters. The molecule has 0 spiro atoms. The van der Waals surface area contributed by atoms with E-state index in [2.05, 4.69) is 12.1 Å². The predicted molar refractivity (Wildman–Crippen MR) is 61.0 cm³/mol. The van der Waals surface area contributed by atoms with E-state index in [4.69, 9.17) is 4.74 Å². The maximum absolute atomic E-state index is 11.9. The van der Waals surface area contributed by atoms with Gasteiger partial charge in [-0.05, 0) is 5.39 Å². The minimum Gasteiger partial charge on any atom is -0.488 e. The highest BCUT2D eigenvalue weighted by Crippen LogP contribution is 2.40. The molecule has 0 N–H and O–H groups in total. The van der Waals surface area contributed by atoms with Gasteiger partial charge in [0.1, 0.15) is 12.4 Å². The van der Waals surface area contributed by atoms with E-state index < -0.39 is 0 Å². The van der Waals surface area contributed by atoms with Gasteiger partial charge in [0.15, 0.2) is 5.78 Å². The Morgan fingerprint density at radius 3 is 3.00 bits per heavy atom. The first-order valence-corrected chi connectivity index (χ1v) is 5.28. The first-order chi connectivity index (χ1) is 7.84. The summed E-state index contributed by atoms with van der Waals surface area (Å²) in [5.74, 6) is 0.788. The summed E-state index contributed by atoms with van der Waals surface area (Å²) in [6, 6.07) is 9.99. The number of ether oxygens (including phenoxy) is 1. The second kappa shape index (κ2) is 2.53. The lowest BCUT2D eigenvalue weighted by molar-refractivity contribution is 0.104. The fourth-order valence-electron chi connectivity index (χ4n) is 2.57. The lowest BCUT2D eigenvalue weighted by atomic mass is 9.89. The topological polar surface area (TPSA) is 26.3 Å². The fraction of sp³-hybridized carbons (Fsp3) is 0.0714. The third-order valence-electron chi connectivity index (χ3n) is 3.29. The van der Waals surface area contributed by atoms with Crippen molar-refractivity contribution in [2.45, 2.75) is 6.61 Å². The van der Waals surface area contributed by atoms with Gasteiger partial charge in [-0.25, -0.2) is 0 Å². The molecule has 0 radical (unpaired) electrons. The second-order valence-corrected chi connectivity index (χ2v) is 4.16. The van der Waals surface area contributed by atoms with E-state index in [0.29, 0.717) is 6.61 Å². The molecule has 2 aromatic carbocycles. The average Bonchev–Trinajstić information content (AvgIpc) is 2.72. The summed E-state index contributed by atoms with van der Waals surface area (Å²) in [6.45, 7) is 0.582. The van der Waals surface area contributed by atoms with Crippen molar-refractivity contribution in [2.75, 3.05) is 0 Å². The first-order valence-electron chi connectivity index (χ1n) is 5.28. The second-order valence-electron chi connectivity index (χ2n) is 4.16. The Labute approximate surface area is 92.1 Å². The van der Waals surface area contributed by atoms with Gasteiger partial charge in [0.2, 0.25) is 0 Å². The van der Waals surface area contributed by atoms with Crippen LogP contribution in [0.4, 0.5) is 0 Å². The van der Waals surface area contributed by atoms with Crippen LogP contribution < -0.4 is 0 Å². The lowest BCUT2D eigenvalue weighted by Gasteiger charge is -2.13. The van der Waals surface area contributed by atoms with Crippen molar-refractivity contribution < 1.29 is 9.53 Å². The van der Waals surface area contributed by atoms with Gasteiger partial charge in [-0.1, -0.05) is 30.3 Å². The number of hydrogen-bond acceptors (Lipinski definition) is 2. The Morgan fingerprint density at radius 2 is 2.06 bits per heavy atom. The van der Waals surface area contributed by atoms with Crippen molar-refractivity contribution in [1.29, 1.82) is 0 Å². The van der Waals surface area contributed by atoms with E-state index in [1.807, 2.05) is 18.2 Å². The average molecular weight is 208 g/mol. The van der Waals surface area contributed by atoms with Crippen molar-refractivity contribution >= 4 is 22.3 Å². The zero-order valence-corrected chi connectivity index (χ0v) is 8.49. The van der Waals surface area contributed by atoms with Crippen LogP contribution in [0.5, 0.6) is 0 Å². The maximum Gasteiger partial charge on any atom is 0.190 e. The first kappa shape index (κ1) is 8.11. The summed E-state index contributed by atoms with van der Waals surface area (Å²) in [5, 5.41) is 2.17. The third kappa shape index (κ3) is 0.807. The molecule has 2 heteroatoms. The Bertz CT molecular complexity index is 680. The molecule has 76 valence electrons. The molecule has 1 aliphatic carbocycles. The Morgan fingerprint density at radius 1 is 1.12 bits per heavy atom. The Hall–Kier alpha value is -2.09. The van der Waals surface area contributed by atoms with Crippen LogP contribution in [-0.2, 0) is 11.3 Å². The van der Waals surface area contributed by atoms with E-state index in [-0.39, 0.29) is 5.78 Å². The Balaban J connectivity index is 2.31. The van der Waals surface area contributed by atoms with Crippen LogP contribution in [0.25, 0.3) is 16.5 Å². The molecule has 4 rings (SSSR count). The molecule has 0 saturated heterocycles. The molecule has 2 aliphatic rings. The van der Waals surface area contributed by atoms with Gasteiger partial charge < -0.3 is 4.74 Å². The summed E-state index contributed by atoms with van der Waals surface area (Å²) < 4.78 is 5.54. The van der Waals surface area contributed by atoms with Gasteiger partial charge in [0, 0.05) is 28.2 Å². The number of carbonyl (C=O) groups excluding carboxylic acids is 1. The fourth-order valence-corrected chi connectivity index (χ4v) is 2.57. The number of ketones is 1. The number of hydrogen-bond donors (Lipinski definition) is 0. The number of carbonyl (C=O) groups is 1. The number of rotatable bonds is 0. The summed E-state index contributed by atoms with van der Waals surface area (Å²) in [4.78, 5) is 11.9. The molecule has 0 atom stereocenters. The normalized spacial score (nSPS) is 16.2. The molecular formula is C14H8O2. The monoisotopic (exact) mass is 208 g/mol. The van der Waals surface area contributed by atoms with Gasteiger partial charge in [0.25, 0.3) is 0 Å². The molecule has 0 saturated carbocycles. The molecule has 2 aromatic rings. The van der Waals surface area contributed by atoms with Gasteiger partial charge in [0.05, 0.1) is 0 Å². The van der Waals surface area contributed by atoms with Crippen molar-refractivity contribution in [2.24, 2.45) is 0 Å². The summed E-state index contributed by atoms with van der Waals surface area (Å²) >= 11 is 0. The minimum atomic E-state index is 0.0483. The highest BCUT2D eigenvalue weighted by molar-refractivity contribution is 6.21. The molecule has 0 amide bonds. The van der Waals surface area contributed by atoms with E-state index in [0.717, 1.165) is 27.7 Å². The summed E-state index contributed by atoms with van der Waals surface area (Å²) in [7, 11) is 0. The standard InChI is InChI=1S/C14H8O2/c15-11-6-12-14-9(7-16-12)5-4-8-2-1-3-10(11)13(8)14/h1-6H,7H2. The quantitative estimate of drug-likeness (QED) is 0.665. The van der Waals surface area contributed by atoms with Gasteiger partial charge in [-0.2, -0.15) is 0 Å². The van der Waals surface area contributed by atoms with E-state index >= 15 is 0 Å². The highest BCUT2D eigenvalue weighted by Gasteiger charge is 2.27. The number of allylic oxidation sites excluding steroid dienone is 1. The van der Waals surface area contributed by atoms with Crippen LogP contribution >= 0.6 is 0 Å². The largest absolute Gasteiger partial charge is 0.488 e. The van der Waals surface area contributed by atoms with Crippen molar-refractivity contribution in [3.05, 3.63) is 53.1 Å². The molecule has 16 heavy (non-hydrogen) atoms. The highest BCUT2D eigenvalue weighted by atomic mass is 16.5. The molecular weight excluding hydrogens is 200 g/mol. The molecule has 0 fully saturated rings. The van der Waals surface area contributed by atoms with E-state index in [9.17, 15) is 4.79 Å².